The van der Waals surface area contributed by atoms with Crippen molar-refractivity contribution in [1.82, 2.24) is 14.6 Å². The first kappa shape index (κ1) is 8.81. The highest BCUT2D eigenvalue weighted by molar-refractivity contribution is 7.88. The number of sulfonamides is 1. The monoisotopic (exact) mass is 301 g/mol. The topological polar surface area (TPSA) is 65.2 Å². The van der Waals surface area contributed by atoms with Gasteiger partial charge in [0, 0.05) is 23.6 Å². The zero-order valence-electron chi connectivity index (χ0n) is 17.7. The summed E-state index contributed by atoms with van der Waals surface area (Å²) in [4.78, 5) is 2.59. The van der Waals surface area contributed by atoms with Gasteiger partial charge in [-0.1, -0.05) is 6.04 Å². The van der Waals surface area contributed by atoms with Crippen LogP contribution in [0.3, 0.4) is 0 Å². The molecule has 0 unspecified atom stereocenters. The third kappa shape index (κ3) is 3.59. The Bertz CT molecular complexity index is 956. The zero-order valence-corrected chi connectivity index (χ0v) is 12.5. The number of fused-ring (bicyclic) bond motifs is 1. The Kier molecular flexibility index (Phi) is 2.62. The van der Waals surface area contributed by atoms with Crippen LogP contribution in [0.15, 0.2) is 24.3 Å². The predicted octanol–water partition coefficient (Wildman–Crippen LogP) is 1.32. The first-order chi connectivity index (χ1) is 11.9. The molecule has 20 heavy (non-hydrogen) atoms. The molecular weight excluding hydrogens is 274 g/mol. The summed E-state index contributed by atoms with van der Waals surface area (Å²) in [6.07, 6.45) is 0.169. The van der Waals surface area contributed by atoms with E-state index in [0.29, 0.717) is 23.5 Å². The summed E-state index contributed by atoms with van der Waals surface area (Å²) in [7, 11) is 0.656. The smallest absolute Gasteiger partial charge is 0.215 e. The Hall–Kier alpha value is -1.37. The number of benzene rings is 1. The van der Waals surface area contributed by atoms with Gasteiger partial charge in [-0.3, -0.25) is 0 Å². The molecule has 0 amide bonds. The third-order valence-electron chi connectivity index (χ3n) is 2.86. The summed E-state index contributed by atoms with van der Waals surface area (Å²) in [5, 5.41) is 0.158. The van der Waals surface area contributed by atoms with E-state index in [1.54, 1.807) is 0 Å². The molecule has 1 aromatic carbocycles. The maximum Gasteiger partial charge on any atom is 0.215 e. The number of rotatable bonds is 6. The molecular formula is C14H21N3O2S. The van der Waals surface area contributed by atoms with Crippen LogP contribution in [0.25, 0.3) is 10.9 Å². The first-order valence-electron chi connectivity index (χ1n) is 9.01. The average Bonchev–Trinajstić information content (AvgIpc) is 2.79. The van der Waals surface area contributed by atoms with Gasteiger partial charge in [-0.15, -0.1) is 0 Å². The number of hydrogen-bond acceptors (Lipinski definition) is 3. The highest BCUT2D eigenvalue weighted by Crippen LogP contribution is 2.21. The van der Waals surface area contributed by atoms with Gasteiger partial charge in [-0.25, -0.2) is 13.1 Å². The summed E-state index contributed by atoms with van der Waals surface area (Å²) < 4.78 is 72.4. The molecule has 0 bridgehead atoms. The largest absolute Gasteiger partial charge is 0.361 e. The molecule has 0 spiro atoms. The summed E-state index contributed by atoms with van der Waals surface area (Å²) in [5.41, 5.74) is 0.137. The number of hydrogen-bond donors (Lipinski definition) is 2. The lowest BCUT2D eigenvalue weighted by Crippen LogP contribution is -2.20. The van der Waals surface area contributed by atoms with Crippen LogP contribution in [0.5, 0.6) is 0 Å². The zero-order chi connectivity index (χ0) is 20.0. The lowest BCUT2D eigenvalue weighted by molar-refractivity contribution is 0.414. The number of nitrogens with zero attached hydrogens (tertiary/aromatic N) is 1. The van der Waals surface area contributed by atoms with Crippen LogP contribution in [0.4, 0.5) is 0 Å². The van der Waals surface area contributed by atoms with E-state index in [-0.39, 0.29) is 33.4 Å². The van der Waals surface area contributed by atoms with E-state index >= 15 is 0 Å². The van der Waals surface area contributed by atoms with Crippen molar-refractivity contribution in [2.24, 2.45) is 0 Å². The minimum atomic E-state index is -4.06. The lowest BCUT2D eigenvalue weighted by atomic mass is 10.1. The van der Waals surface area contributed by atoms with Crippen molar-refractivity contribution in [2.75, 3.05) is 27.7 Å². The van der Waals surface area contributed by atoms with E-state index in [0.717, 1.165) is 7.05 Å². The highest BCUT2D eigenvalue weighted by atomic mass is 32.2. The van der Waals surface area contributed by atoms with Gasteiger partial charge >= 0.3 is 0 Å². The van der Waals surface area contributed by atoms with E-state index in [4.69, 9.17) is 8.31 Å². The normalized spacial score (nSPS) is 16.9. The summed E-state index contributed by atoms with van der Waals surface area (Å²) >= 11 is 0. The van der Waals surface area contributed by atoms with Crippen LogP contribution in [0, 0.1) is 0 Å². The van der Waals surface area contributed by atoms with Gasteiger partial charge in [0.25, 0.3) is 0 Å². The summed E-state index contributed by atoms with van der Waals surface area (Å²) in [6.45, 7) is 0.545. The Morgan fingerprint density at radius 2 is 2.25 bits per heavy atom. The van der Waals surface area contributed by atoms with E-state index < -0.39 is 27.9 Å². The molecule has 6 heteroatoms. The number of likely N-dealkylation sites (N-methyl/N-ethyl adjacent to an activating group) is 1. The standard InChI is InChI=1S/C14H21N3O2S/c1-15-20(18,19)10-11-4-5-14-13(8-11)12(9-16-14)6-7-17(2)3/h4-5,8-9,15-16H,6-7,10H2,1-3H3/i4D,5D,8D,9D/hD2. The molecule has 0 radical (unpaired) electrons. The van der Waals surface area contributed by atoms with Crippen molar-refractivity contribution in [3.05, 3.63) is 35.4 Å². The molecule has 0 atom stereocenters. The highest BCUT2D eigenvalue weighted by Gasteiger charge is 2.11. The van der Waals surface area contributed by atoms with Crippen LogP contribution in [-0.4, -0.2) is 46.0 Å². The molecule has 0 aliphatic heterocycles. The van der Waals surface area contributed by atoms with Gasteiger partial charge < -0.3 is 9.88 Å². The fourth-order valence-corrected chi connectivity index (χ4v) is 2.39. The third-order valence-corrected chi connectivity index (χ3v) is 4.07. The Labute approximate surface area is 128 Å². The molecule has 1 heterocycles. The van der Waals surface area contributed by atoms with Crippen LogP contribution >= 0.6 is 0 Å². The lowest BCUT2D eigenvalue weighted by Gasteiger charge is -2.08. The van der Waals surface area contributed by atoms with Gasteiger partial charge in [0.2, 0.25) is 10.0 Å². The van der Waals surface area contributed by atoms with E-state index in [2.05, 4.69) is 0 Å². The second kappa shape index (κ2) is 5.95. The average molecular weight is 301 g/mol. The Morgan fingerprint density at radius 3 is 2.90 bits per heavy atom. The van der Waals surface area contributed by atoms with Gasteiger partial charge in [-0.2, -0.15) is 0 Å². The van der Waals surface area contributed by atoms with Crippen molar-refractivity contribution in [1.29, 1.82) is 0 Å². The second-order valence-electron chi connectivity index (χ2n) is 4.74. The van der Waals surface area contributed by atoms with Crippen LogP contribution in [0.1, 0.15) is 16.6 Å². The van der Waals surface area contributed by atoms with E-state index in [9.17, 15) is 8.42 Å². The van der Waals surface area contributed by atoms with Crippen molar-refractivity contribution < 1.29 is 16.7 Å². The molecule has 2 N–H and O–H groups in total. The SMILES string of the molecule is [2H]c1c(CS(=O)(=O)N([2H])C)c([2H])c2c(CCN(C)C)c([2H])n([2H])c2c1[2H]. The fourth-order valence-electron chi connectivity index (χ4n) is 1.76. The maximum atomic E-state index is 12.0. The van der Waals surface area contributed by atoms with E-state index in [1.165, 1.54) is 0 Å². The number of aromatic amines is 1. The fraction of sp³-hybridized carbons (Fsp3) is 0.429. The second-order valence-corrected chi connectivity index (χ2v) is 6.56. The molecule has 0 fully saturated rings. The van der Waals surface area contributed by atoms with Crippen molar-refractivity contribution in [2.45, 2.75) is 12.2 Å². The maximum absolute atomic E-state index is 12.0. The molecule has 5 nitrogen and oxygen atoms in total. The molecule has 0 aliphatic rings. The van der Waals surface area contributed by atoms with Gasteiger partial charge in [0.15, 0.2) is 1.41 Å². The number of aromatic nitrogens is 1. The van der Waals surface area contributed by atoms with Crippen LogP contribution in [0.2, 0.25) is 2.82 Å². The molecule has 0 saturated heterocycles. The molecule has 2 aromatic rings. The minimum Gasteiger partial charge on any atom is -0.361 e. The van der Waals surface area contributed by atoms with Crippen LogP contribution < -0.4 is 4.72 Å². The van der Waals surface area contributed by atoms with Crippen molar-refractivity contribution >= 4 is 20.9 Å². The summed E-state index contributed by atoms with van der Waals surface area (Å²) in [6, 6.07) is -1.15. The Morgan fingerprint density at radius 1 is 1.50 bits per heavy atom. The predicted molar refractivity (Wildman–Crippen MR) is 82.2 cm³/mol. The molecule has 0 saturated carbocycles. The molecule has 1 aromatic heterocycles. The summed E-state index contributed by atoms with van der Waals surface area (Å²) in [5.74, 6) is -0.754. The minimum absolute atomic E-state index is 0.0425. The Balaban J connectivity index is 2.79. The molecule has 2 rings (SSSR count). The molecule has 110 valence electrons. The quantitative estimate of drug-likeness (QED) is 0.846. The number of H-pyrrole nitrogens is 1. The van der Waals surface area contributed by atoms with Crippen molar-refractivity contribution in [3.63, 3.8) is 0 Å². The van der Waals surface area contributed by atoms with Gasteiger partial charge in [0.1, 0.15) is 1.41 Å². The van der Waals surface area contributed by atoms with Crippen LogP contribution in [-0.2, 0) is 22.2 Å². The van der Waals surface area contributed by atoms with E-state index in [1.807, 2.05) is 19.0 Å². The first-order valence-corrected chi connectivity index (χ1v) is 7.73. The van der Waals surface area contributed by atoms with Gasteiger partial charge in [-0.05, 0) is 50.8 Å². The van der Waals surface area contributed by atoms with Gasteiger partial charge in [0.05, 0.1) is 11.2 Å². The molecule has 0 aliphatic carbocycles. The number of nitrogens with one attached hydrogen (secondary N) is 2. The van der Waals surface area contributed by atoms with Crippen molar-refractivity contribution in [3.8, 4) is 0 Å².